The zero-order chi connectivity index (χ0) is 20.3. The summed E-state index contributed by atoms with van der Waals surface area (Å²) in [6.45, 7) is 0. The minimum absolute atomic E-state index is 0.0567. The molecule has 1 aromatic carbocycles. The van der Waals surface area contributed by atoms with Gasteiger partial charge in [0.25, 0.3) is 5.56 Å². The van der Waals surface area contributed by atoms with Gasteiger partial charge in [-0.3, -0.25) is 15.0 Å². The van der Waals surface area contributed by atoms with Crippen LogP contribution in [0.4, 0.5) is 0 Å². The van der Waals surface area contributed by atoms with E-state index in [1.807, 2.05) is 36.4 Å². The summed E-state index contributed by atoms with van der Waals surface area (Å²) in [5.74, 6) is 2.38. The lowest BCUT2D eigenvalue weighted by atomic mass is 9.49. The fourth-order valence-electron chi connectivity index (χ4n) is 6.77. The van der Waals surface area contributed by atoms with E-state index in [0.29, 0.717) is 16.6 Å². The van der Waals surface area contributed by atoms with Gasteiger partial charge in [0.15, 0.2) is 0 Å². The summed E-state index contributed by atoms with van der Waals surface area (Å²) in [6, 6.07) is 11.9. The van der Waals surface area contributed by atoms with E-state index in [1.165, 1.54) is 60.9 Å². The summed E-state index contributed by atoms with van der Waals surface area (Å²) in [7, 11) is 0. The molecule has 2 aromatic heterocycles. The van der Waals surface area contributed by atoms with Crippen LogP contribution in [0.2, 0.25) is 0 Å². The van der Waals surface area contributed by atoms with Gasteiger partial charge < -0.3 is 0 Å². The lowest BCUT2D eigenvalue weighted by Crippen LogP contribution is -2.48. The van der Waals surface area contributed by atoms with Crippen molar-refractivity contribution < 1.29 is 4.79 Å². The van der Waals surface area contributed by atoms with E-state index in [2.05, 4.69) is 10.4 Å². The molecule has 4 aliphatic rings. The molecule has 0 spiro atoms. The minimum atomic E-state index is -0.211. The molecule has 0 atom stereocenters. The van der Waals surface area contributed by atoms with Crippen LogP contribution in [0.1, 0.15) is 44.9 Å². The molecule has 4 bridgehead atoms. The van der Waals surface area contributed by atoms with Crippen LogP contribution < -0.4 is 11.0 Å². The fraction of sp³-hybridized carbons (Fsp3) is 0.458. The van der Waals surface area contributed by atoms with Gasteiger partial charge in [-0.1, -0.05) is 30.3 Å². The van der Waals surface area contributed by atoms with Gasteiger partial charge in [-0.05, 0) is 73.3 Å². The molecule has 154 valence electrons. The Bertz CT molecular complexity index is 1140. The van der Waals surface area contributed by atoms with E-state index < -0.39 is 0 Å². The highest BCUT2D eigenvalue weighted by atomic mass is 32.1. The topological polar surface area (TPSA) is 64.0 Å². The number of rotatable bonds is 4. The van der Waals surface area contributed by atoms with E-state index >= 15 is 0 Å². The maximum atomic E-state index is 13.0. The van der Waals surface area contributed by atoms with Gasteiger partial charge in [0.05, 0.1) is 5.39 Å². The molecule has 1 amide bonds. The van der Waals surface area contributed by atoms with Crippen molar-refractivity contribution in [2.75, 3.05) is 5.43 Å². The quantitative estimate of drug-likeness (QED) is 0.661. The van der Waals surface area contributed by atoms with Crippen molar-refractivity contribution in [2.45, 2.75) is 44.9 Å². The number of amides is 1. The normalized spacial score (nSPS) is 29.4. The van der Waals surface area contributed by atoms with Gasteiger partial charge in [-0.2, -0.15) is 0 Å². The summed E-state index contributed by atoms with van der Waals surface area (Å²) in [5.41, 5.74) is 3.85. The SMILES string of the molecule is O=C(CC12CC3CC(CC(C3)C1)C2)Nn1cnc2sc(-c3ccccc3)cc2c1=O. The predicted molar refractivity (Wildman–Crippen MR) is 119 cm³/mol. The maximum Gasteiger partial charge on any atom is 0.281 e. The number of carbonyl (C=O) groups is 1. The van der Waals surface area contributed by atoms with E-state index in [0.717, 1.165) is 28.2 Å². The number of thiophene rings is 1. The molecule has 30 heavy (non-hydrogen) atoms. The molecule has 6 heteroatoms. The summed E-state index contributed by atoms with van der Waals surface area (Å²) in [6.07, 6.45) is 9.62. The zero-order valence-electron chi connectivity index (χ0n) is 16.8. The highest BCUT2D eigenvalue weighted by molar-refractivity contribution is 7.21. The van der Waals surface area contributed by atoms with Crippen LogP contribution in [0.3, 0.4) is 0 Å². The summed E-state index contributed by atoms with van der Waals surface area (Å²) >= 11 is 1.50. The second-order valence-electron chi connectivity index (χ2n) is 9.74. The highest BCUT2D eigenvalue weighted by Gasteiger charge is 2.51. The lowest BCUT2D eigenvalue weighted by Gasteiger charge is -2.56. The third-order valence-corrected chi connectivity index (χ3v) is 8.55. The molecule has 3 aromatic rings. The highest BCUT2D eigenvalue weighted by Crippen LogP contribution is 2.61. The van der Waals surface area contributed by atoms with E-state index in [1.54, 1.807) is 0 Å². The first kappa shape index (κ1) is 18.3. The number of nitrogens with one attached hydrogen (secondary N) is 1. The Hall–Kier alpha value is -2.47. The van der Waals surface area contributed by atoms with Gasteiger partial charge in [-0.15, -0.1) is 11.3 Å². The van der Waals surface area contributed by atoms with E-state index in [9.17, 15) is 9.59 Å². The monoisotopic (exact) mass is 419 g/mol. The maximum absolute atomic E-state index is 13.0. The molecule has 7 rings (SSSR count). The molecule has 1 N–H and O–H groups in total. The van der Waals surface area contributed by atoms with Crippen molar-refractivity contribution in [1.82, 2.24) is 9.66 Å². The Morgan fingerprint density at radius 2 is 1.77 bits per heavy atom. The Morgan fingerprint density at radius 1 is 1.10 bits per heavy atom. The number of benzene rings is 1. The fourth-order valence-corrected chi connectivity index (χ4v) is 7.76. The van der Waals surface area contributed by atoms with Crippen LogP contribution >= 0.6 is 11.3 Å². The van der Waals surface area contributed by atoms with E-state index in [4.69, 9.17) is 0 Å². The number of aromatic nitrogens is 2. The Morgan fingerprint density at radius 3 is 2.43 bits per heavy atom. The average molecular weight is 420 g/mol. The molecule has 0 aliphatic heterocycles. The summed E-state index contributed by atoms with van der Waals surface area (Å²) in [4.78, 5) is 32.0. The first-order valence-corrected chi connectivity index (χ1v) is 11.8. The number of hydrogen-bond acceptors (Lipinski definition) is 4. The van der Waals surface area contributed by atoms with Gasteiger partial charge >= 0.3 is 0 Å². The molecule has 0 unspecified atom stereocenters. The Kier molecular flexibility index (Phi) is 4.13. The molecule has 5 nitrogen and oxygen atoms in total. The molecule has 2 heterocycles. The number of carbonyl (C=O) groups excluding carboxylic acids is 1. The molecule has 0 saturated heterocycles. The third-order valence-electron chi connectivity index (χ3n) is 7.46. The molecule has 4 aliphatic carbocycles. The molecular weight excluding hydrogens is 394 g/mol. The van der Waals surface area contributed by atoms with Crippen LogP contribution in [0.5, 0.6) is 0 Å². The second kappa shape index (κ2) is 6.77. The van der Waals surface area contributed by atoms with Crippen LogP contribution in [0.15, 0.2) is 47.5 Å². The van der Waals surface area contributed by atoms with Crippen molar-refractivity contribution in [1.29, 1.82) is 0 Å². The third kappa shape index (κ3) is 3.09. The smallest absolute Gasteiger partial charge is 0.273 e. The Balaban J connectivity index is 1.24. The second-order valence-corrected chi connectivity index (χ2v) is 10.8. The van der Waals surface area contributed by atoms with Crippen LogP contribution in [0, 0.1) is 23.2 Å². The zero-order valence-corrected chi connectivity index (χ0v) is 17.7. The lowest BCUT2D eigenvalue weighted by molar-refractivity contribution is -0.125. The van der Waals surface area contributed by atoms with Crippen molar-refractivity contribution in [3.8, 4) is 10.4 Å². The first-order chi connectivity index (χ1) is 14.6. The predicted octanol–water partition coefficient (Wildman–Crippen LogP) is 4.80. The first-order valence-electron chi connectivity index (χ1n) is 10.9. The molecule has 4 saturated carbocycles. The minimum Gasteiger partial charge on any atom is -0.273 e. The van der Waals surface area contributed by atoms with Gasteiger partial charge in [0, 0.05) is 11.3 Å². The van der Waals surface area contributed by atoms with Crippen molar-refractivity contribution in [3.63, 3.8) is 0 Å². The Labute approximate surface area is 179 Å². The number of hydrogen-bond donors (Lipinski definition) is 1. The van der Waals surface area contributed by atoms with Crippen LogP contribution in [-0.4, -0.2) is 15.6 Å². The van der Waals surface area contributed by atoms with Crippen molar-refractivity contribution in [3.05, 3.63) is 53.1 Å². The van der Waals surface area contributed by atoms with Crippen LogP contribution in [0.25, 0.3) is 20.7 Å². The van der Waals surface area contributed by atoms with Crippen LogP contribution in [-0.2, 0) is 4.79 Å². The summed E-state index contributed by atoms with van der Waals surface area (Å²) < 4.78 is 1.27. The molecule has 4 fully saturated rings. The molecular formula is C24H25N3O2S. The average Bonchev–Trinajstić information content (AvgIpc) is 3.15. The number of fused-ring (bicyclic) bond motifs is 1. The van der Waals surface area contributed by atoms with Crippen molar-refractivity contribution >= 4 is 27.5 Å². The number of nitrogens with zero attached hydrogens (tertiary/aromatic N) is 2. The van der Waals surface area contributed by atoms with Gasteiger partial charge in [-0.25, -0.2) is 9.66 Å². The summed E-state index contributed by atoms with van der Waals surface area (Å²) in [5, 5.41) is 0.552. The van der Waals surface area contributed by atoms with Gasteiger partial charge in [0.2, 0.25) is 5.91 Å². The van der Waals surface area contributed by atoms with E-state index in [-0.39, 0.29) is 16.9 Å². The molecule has 0 radical (unpaired) electrons. The van der Waals surface area contributed by atoms with Gasteiger partial charge in [0.1, 0.15) is 11.2 Å². The largest absolute Gasteiger partial charge is 0.281 e. The standard InChI is InChI=1S/C24H25N3O2S/c28-21(13-24-10-15-6-16(11-24)8-17(7-15)12-24)26-27-14-25-22-19(23(27)29)9-20(30-22)18-4-2-1-3-5-18/h1-5,9,14-17H,6-8,10-13H2,(H,26,28). The van der Waals surface area contributed by atoms with Crippen molar-refractivity contribution in [2.24, 2.45) is 23.2 Å².